The summed E-state index contributed by atoms with van der Waals surface area (Å²) < 4.78 is 0. The largest absolute Gasteiger partial charge is 0.480 e. The first-order chi connectivity index (χ1) is 9.38. The first-order valence-corrected chi connectivity index (χ1v) is 6.04. The Balaban J connectivity index is 2.57. The van der Waals surface area contributed by atoms with E-state index < -0.39 is 18.4 Å². The van der Waals surface area contributed by atoms with Crippen molar-refractivity contribution in [1.82, 2.24) is 5.32 Å². The Kier molecular flexibility index (Phi) is 5.67. The van der Waals surface area contributed by atoms with Crippen LogP contribution in [0.3, 0.4) is 0 Å². The molecule has 7 heteroatoms. The van der Waals surface area contributed by atoms with Crippen molar-refractivity contribution in [1.29, 1.82) is 0 Å². The number of carboxylic acid groups (broad SMARTS) is 1. The minimum Gasteiger partial charge on any atom is -0.480 e. The number of carboxylic acids is 1. The lowest BCUT2D eigenvalue weighted by atomic mass is 10.2. The Labute approximate surface area is 116 Å². The molecule has 108 valence electrons. The number of rotatable bonds is 6. The number of nitrogens with one attached hydrogen (secondary N) is 2. The smallest absolute Gasteiger partial charge is 0.322 e. The highest BCUT2D eigenvalue weighted by atomic mass is 16.4. The van der Waals surface area contributed by atoms with E-state index in [1.165, 1.54) is 12.1 Å². The van der Waals surface area contributed by atoms with Crippen LogP contribution in [0.2, 0.25) is 0 Å². The second-order valence-corrected chi connectivity index (χ2v) is 4.38. The quantitative estimate of drug-likeness (QED) is 0.591. The molecule has 0 aliphatic heterocycles. The van der Waals surface area contributed by atoms with E-state index in [2.05, 4.69) is 10.6 Å². The van der Waals surface area contributed by atoms with Crippen LogP contribution in [0.1, 0.15) is 23.7 Å². The number of anilines is 1. The van der Waals surface area contributed by atoms with E-state index in [4.69, 9.17) is 10.8 Å². The van der Waals surface area contributed by atoms with Crippen molar-refractivity contribution in [2.75, 3.05) is 11.9 Å². The number of carbonyl (C=O) groups is 3. The lowest BCUT2D eigenvalue weighted by molar-refractivity contribution is -0.135. The third-order valence-corrected chi connectivity index (χ3v) is 2.34. The van der Waals surface area contributed by atoms with Crippen molar-refractivity contribution >= 4 is 23.5 Å². The van der Waals surface area contributed by atoms with E-state index in [0.717, 1.165) is 0 Å². The van der Waals surface area contributed by atoms with Crippen molar-refractivity contribution in [2.45, 2.75) is 19.4 Å². The highest BCUT2D eigenvalue weighted by Crippen LogP contribution is 2.10. The Morgan fingerprint density at radius 1 is 1.25 bits per heavy atom. The summed E-state index contributed by atoms with van der Waals surface area (Å²) in [6, 6.07) is 5.90. The molecule has 1 aromatic rings. The molecular weight excluding hydrogens is 262 g/mol. The highest BCUT2D eigenvalue weighted by molar-refractivity contribution is 5.97. The molecule has 1 unspecified atom stereocenters. The highest BCUT2D eigenvalue weighted by Gasteiger charge is 2.08. The van der Waals surface area contributed by atoms with Gasteiger partial charge in [0.2, 0.25) is 5.91 Å². The minimum atomic E-state index is -1.11. The zero-order valence-corrected chi connectivity index (χ0v) is 11.1. The molecule has 0 aliphatic rings. The van der Waals surface area contributed by atoms with Gasteiger partial charge in [-0.1, -0.05) is 0 Å². The van der Waals surface area contributed by atoms with Crippen LogP contribution in [0.15, 0.2) is 24.3 Å². The summed E-state index contributed by atoms with van der Waals surface area (Å²) in [7, 11) is 0. The topological polar surface area (TPSA) is 122 Å². The molecule has 0 aromatic heterocycles. The first kappa shape index (κ1) is 15.6. The number of carbonyl (C=O) groups excluding carboxylic acids is 2. The second kappa shape index (κ2) is 7.25. The van der Waals surface area contributed by atoms with Crippen molar-refractivity contribution < 1.29 is 19.5 Å². The molecule has 1 rings (SSSR count). The number of amides is 2. The van der Waals surface area contributed by atoms with Crippen molar-refractivity contribution in [3.8, 4) is 0 Å². The maximum Gasteiger partial charge on any atom is 0.322 e. The van der Waals surface area contributed by atoms with E-state index in [0.29, 0.717) is 11.3 Å². The van der Waals surface area contributed by atoms with Crippen LogP contribution in [-0.2, 0) is 9.59 Å². The van der Waals surface area contributed by atoms with E-state index >= 15 is 0 Å². The summed E-state index contributed by atoms with van der Waals surface area (Å²) in [5, 5.41) is 13.3. The van der Waals surface area contributed by atoms with E-state index in [1.54, 1.807) is 19.1 Å². The van der Waals surface area contributed by atoms with E-state index in [-0.39, 0.29) is 18.4 Å². The molecule has 0 bridgehead atoms. The summed E-state index contributed by atoms with van der Waals surface area (Å²) in [5.74, 6) is -1.80. The number of nitrogens with two attached hydrogens (primary N) is 1. The minimum absolute atomic E-state index is 0.205. The average Bonchev–Trinajstić information content (AvgIpc) is 2.35. The summed E-state index contributed by atoms with van der Waals surface area (Å²) in [6.45, 7) is 1.29. The van der Waals surface area contributed by atoms with Gasteiger partial charge in [0.25, 0.3) is 5.91 Å². The van der Waals surface area contributed by atoms with E-state index in [1.807, 2.05) is 0 Å². The Bertz CT molecular complexity index is 497. The monoisotopic (exact) mass is 279 g/mol. The summed E-state index contributed by atoms with van der Waals surface area (Å²) in [6.07, 6.45) is 0.209. The van der Waals surface area contributed by atoms with Gasteiger partial charge in [0.15, 0.2) is 0 Å². The van der Waals surface area contributed by atoms with Gasteiger partial charge >= 0.3 is 5.97 Å². The van der Waals surface area contributed by atoms with Gasteiger partial charge in [0.1, 0.15) is 6.54 Å². The fourth-order valence-electron chi connectivity index (χ4n) is 1.47. The molecule has 0 radical (unpaired) electrons. The van der Waals surface area contributed by atoms with Gasteiger partial charge in [0, 0.05) is 23.7 Å². The number of aliphatic carboxylic acids is 1. The van der Waals surface area contributed by atoms with Crippen LogP contribution in [0.5, 0.6) is 0 Å². The van der Waals surface area contributed by atoms with Crippen molar-refractivity contribution in [3.05, 3.63) is 29.8 Å². The van der Waals surface area contributed by atoms with Gasteiger partial charge in [-0.2, -0.15) is 0 Å². The SMILES string of the molecule is CC(N)CC(=O)Nc1ccc(C(=O)NCC(=O)O)cc1. The zero-order valence-electron chi connectivity index (χ0n) is 11.1. The molecule has 0 fully saturated rings. The predicted molar refractivity (Wildman–Crippen MR) is 73.3 cm³/mol. The molecule has 0 aliphatic carbocycles. The molecule has 0 spiro atoms. The summed E-state index contributed by atoms with van der Waals surface area (Å²) >= 11 is 0. The van der Waals surface area contributed by atoms with E-state index in [9.17, 15) is 14.4 Å². The molecule has 1 aromatic carbocycles. The van der Waals surface area contributed by atoms with Gasteiger partial charge in [-0.05, 0) is 31.2 Å². The fraction of sp³-hybridized carbons (Fsp3) is 0.308. The van der Waals surface area contributed by atoms with Crippen LogP contribution < -0.4 is 16.4 Å². The maximum atomic E-state index is 11.5. The lowest BCUT2D eigenvalue weighted by Crippen LogP contribution is -2.29. The Hall–Kier alpha value is -2.41. The molecule has 1 atom stereocenters. The van der Waals surface area contributed by atoms with Gasteiger partial charge < -0.3 is 21.5 Å². The normalized spacial score (nSPS) is 11.5. The molecule has 0 saturated heterocycles. The fourth-order valence-corrected chi connectivity index (χ4v) is 1.47. The first-order valence-electron chi connectivity index (χ1n) is 6.04. The van der Waals surface area contributed by atoms with Crippen LogP contribution >= 0.6 is 0 Å². The molecular formula is C13H17N3O4. The zero-order chi connectivity index (χ0) is 15.1. The standard InChI is InChI=1S/C13H17N3O4/c1-8(14)6-11(17)16-10-4-2-9(3-5-10)13(20)15-7-12(18)19/h2-5,8H,6-7,14H2,1H3,(H,15,20)(H,16,17)(H,18,19). The molecule has 20 heavy (non-hydrogen) atoms. The molecule has 5 N–H and O–H groups in total. The number of hydrogen-bond acceptors (Lipinski definition) is 4. The second-order valence-electron chi connectivity index (χ2n) is 4.38. The van der Waals surface area contributed by atoms with Crippen LogP contribution in [-0.4, -0.2) is 35.5 Å². The number of benzene rings is 1. The van der Waals surface area contributed by atoms with Crippen molar-refractivity contribution in [2.24, 2.45) is 5.73 Å². The third-order valence-electron chi connectivity index (χ3n) is 2.34. The molecule has 0 saturated carbocycles. The maximum absolute atomic E-state index is 11.5. The van der Waals surface area contributed by atoms with Crippen LogP contribution in [0.25, 0.3) is 0 Å². The summed E-state index contributed by atoms with van der Waals surface area (Å²) in [4.78, 5) is 33.4. The van der Waals surface area contributed by atoms with Crippen molar-refractivity contribution in [3.63, 3.8) is 0 Å². The molecule has 7 nitrogen and oxygen atoms in total. The van der Waals surface area contributed by atoms with Gasteiger partial charge in [-0.3, -0.25) is 14.4 Å². The van der Waals surface area contributed by atoms with Crippen LogP contribution in [0, 0.1) is 0 Å². The average molecular weight is 279 g/mol. The third kappa shape index (κ3) is 5.49. The Morgan fingerprint density at radius 3 is 2.35 bits per heavy atom. The van der Waals surface area contributed by atoms with Gasteiger partial charge in [-0.15, -0.1) is 0 Å². The number of hydrogen-bond donors (Lipinski definition) is 4. The Morgan fingerprint density at radius 2 is 1.85 bits per heavy atom. The lowest BCUT2D eigenvalue weighted by Gasteiger charge is -2.08. The van der Waals surface area contributed by atoms with Gasteiger partial charge in [0.05, 0.1) is 0 Å². The molecule has 0 heterocycles. The van der Waals surface area contributed by atoms with Crippen LogP contribution in [0.4, 0.5) is 5.69 Å². The predicted octanol–water partition coefficient (Wildman–Crippen LogP) is 0.177. The van der Waals surface area contributed by atoms with Gasteiger partial charge in [-0.25, -0.2) is 0 Å². The molecule has 2 amide bonds. The summed E-state index contributed by atoms with van der Waals surface area (Å²) in [5.41, 5.74) is 6.37.